The van der Waals surface area contributed by atoms with Gasteiger partial charge in [-0.15, -0.1) is 12.4 Å². The lowest BCUT2D eigenvalue weighted by Gasteiger charge is -2.42. The quantitative estimate of drug-likeness (QED) is 0.148. The molecule has 0 bridgehead atoms. The molecule has 0 aliphatic heterocycles. The molecule has 9 nitrogen and oxygen atoms in total. The molecule has 2 aromatic carbocycles. The van der Waals surface area contributed by atoms with E-state index in [9.17, 15) is 18.4 Å². The lowest BCUT2D eigenvalue weighted by Crippen LogP contribution is -2.43. The first kappa shape index (κ1) is 38.4. The topological polar surface area (TPSA) is 130 Å². The number of halogens is 4. The fourth-order valence-electron chi connectivity index (χ4n) is 5.33. The van der Waals surface area contributed by atoms with Gasteiger partial charge in [0.05, 0.1) is 24.3 Å². The third kappa shape index (κ3) is 10.2. The van der Waals surface area contributed by atoms with Gasteiger partial charge in [0.1, 0.15) is 17.5 Å². The molecular weight excluding hydrogens is 663 g/mol. The third-order valence-corrected chi connectivity index (χ3v) is 8.43. The number of carbonyl (C=O) groups excluding carboxylic acids is 2. The Balaban J connectivity index is 0.000000212. The third-order valence-electron chi connectivity index (χ3n) is 8.24. The first-order chi connectivity index (χ1) is 22.6. The molecule has 0 unspecified atom stereocenters. The second-order valence-corrected chi connectivity index (χ2v) is 11.7. The summed E-state index contributed by atoms with van der Waals surface area (Å²) in [5.41, 5.74) is 8.30. The molecule has 2 aliphatic rings. The van der Waals surface area contributed by atoms with Crippen LogP contribution < -0.4 is 5.73 Å². The monoisotopic (exact) mass is 701 g/mol. The Bertz CT molecular complexity index is 1640. The van der Waals surface area contributed by atoms with Gasteiger partial charge < -0.3 is 15.2 Å². The molecule has 13 heteroatoms. The average molecular weight is 703 g/mol. The Morgan fingerprint density at radius 3 is 1.65 bits per heavy atom. The largest absolute Gasteiger partial charge is 0.462 e. The van der Waals surface area contributed by atoms with Gasteiger partial charge >= 0.3 is 11.9 Å². The molecule has 0 atom stereocenters. The lowest BCUT2D eigenvalue weighted by molar-refractivity contribution is 0.0515. The highest BCUT2D eigenvalue weighted by molar-refractivity contribution is 6.28. The molecule has 2 N–H and O–H groups in total. The van der Waals surface area contributed by atoms with Crippen molar-refractivity contribution >= 4 is 35.9 Å². The van der Waals surface area contributed by atoms with Crippen molar-refractivity contribution in [2.24, 2.45) is 5.73 Å². The predicted octanol–water partition coefficient (Wildman–Crippen LogP) is 7.35. The van der Waals surface area contributed by atoms with Gasteiger partial charge in [0.2, 0.25) is 5.28 Å². The van der Waals surface area contributed by atoms with Gasteiger partial charge in [-0.25, -0.2) is 38.3 Å². The summed E-state index contributed by atoms with van der Waals surface area (Å²) in [7, 11) is 0. The number of esters is 2. The minimum absolute atomic E-state index is 0. The average Bonchev–Trinajstić information content (AvgIpc) is 3.03. The van der Waals surface area contributed by atoms with Gasteiger partial charge in [-0.2, -0.15) is 0 Å². The molecule has 0 radical (unpaired) electrons. The number of carbonyl (C=O) groups is 2. The maximum atomic E-state index is 13.5. The Labute approximate surface area is 290 Å². The van der Waals surface area contributed by atoms with Crippen LogP contribution >= 0.6 is 24.0 Å². The number of nitrogens with two attached hydrogens (primary N) is 1. The number of rotatable bonds is 8. The van der Waals surface area contributed by atoms with Crippen LogP contribution in [0.2, 0.25) is 5.28 Å². The van der Waals surface area contributed by atoms with Gasteiger partial charge in [0.15, 0.2) is 0 Å². The van der Waals surface area contributed by atoms with Crippen molar-refractivity contribution < 1.29 is 27.8 Å². The maximum absolute atomic E-state index is 13.5. The van der Waals surface area contributed by atoms with Crippen LogP contribution in [0, 0.1) is 11.6 Å². The van der Waals surface area contributed by atoms with E-state index < -0.39 is 11.9 Å². The van der Waals surface area contributed by atoms with Crippen molar-refractivity contribution in [3.63, 3.8) is 0 Å². The first-order valence-electron chi connectivity index (χ1n) is 15.5. The van der Waals surface area contributed by atoms with Crippen molar-refractivity contribution in [3.05, 3.63) is 118 Å². The van der Waals surface area contributed by atoms with Crippen LogP contribution in [0.4, 0.5) is 8.78 Å². The van der Waals surface area contributed by atoms with Crippen LogP contribution in [0.25, 0.3) is 0 Å². The van der Waals surface area contributed by atoms with Gasteiger partial charge in [-0.3, -0.25) is 0 Å². The SMILES string of the molecule is CCOC(=O)c1cnc(CC2(c3cccc(F)c3)CCC2)nc1.CCOC(=O)c1cnc(Cl)nc1.Cl.NC1(c2cccc(F)c2)CCC1. The first-order valence-corrected chi connectivity index (χ1v) is 15.9. The highest BCUT2D eigenvalue weighted by atomic mass is 35.5. The molecule has 0 amide bonds. The summed E-state index contributed by atoms with van der Waals surface area (Å²) in [6.45, 7) is 4.14. The fourth-order valence-corrected chi connectivity index (χ4v) is 5.43. The van der Waals surface area contributed by atoms with Gasteiger partial charge in [0.25, 0.3) is 0 Å². The van der Waals surface area contributed by atoms with Gasteiger partial charge in [-0.1, -0.05) is 30.7 Å². The van der Waals surface area contributed by atoms with Gasteiger partial charge in [0, 0.05) is 42.2 Å². The zero-order valence-electron chi connectivity index (χ0n) is 26.8. The standard InChI is InChI=1S/C18H19FN2O2.C10H12FN.C7H7ClN2O2.ClH/c1-2-23-17(22)13-11-20-16(21-12-13)10-18(7-4-8-18)14-5-3-6-15(19)9-14;11-9-4-1-3-8(7-9)10(12)5-2-6-10;1-2-12-6(11)5-3-9-7(8)10-4-5;/h3,5-6,9,11-12H,2,4,7-8,10H2,1H3;1,3-4,7H,2,5-6,12H2;3-4H,2H2,1H3;1H. The predicted molar refractivity (Wildman–Crippen MR) is 180 cm³/mol. The van der Waals surface area contributed by atoms with Crippen molar-refractivity contribution in [2.45, 2.75) is 69.7 Å². The van der Waals surface area contributed by atoms with E-state index in [1.54, 1.807) is 38.1 Å². The summed E-state index contributed by atoms with van der Waals surface area (Å²) in [4.78, 5) is 38.5. The second-order valence-electron chi connectivity index (χ2n) is 11.4. The number of hydrogen-bond acceptors (Lipinski definition) is 9. The smallest absolute Gasteiger partial charge is 0.341 e. The molecule has 48 heavy (non-hydrogen) atoms. The minimum Gasteiger partial charge on any atom is -0.462 e. The van der Waals surface area contributed by atoms with Crippen LogP contribution in [0.3, 0.4) is 0 Å². The Morgan fingerprint density at radius 1 is 0.771 bits per heavy atom. The number of aromatic nitrogens is 4. The number of hydrogen-bond donors (Lipinski definition) is 1. The van der Waals surface area contributed by atoms with E-state index in [1.807, 2.05) is 12.1 Å². The van der Waals surface area contributed by atoms with E-state index in [-0.39, 0.29) is 40.3 Å². The summed E-state index contributed by atoms with van der Waals surface area (Å²) in [5, 5.41) is 0.114. The molecule has 6 rings (SSSR count). The summed E-state index contributed by atoms with van der Waals surface area (Å²) in [6.07, 6.45) is 12.5. The van der Waals surface area contributed by atoms with Crippen LogP contribution in [-0.4, -0.2) is 45.1 Å². The Morgan fingerprint density at radius 2 is 1.23 bits per heavy atom. The molecule has 256 valence electrons. The molecular formula is C35H39Cl2F2N5O4. The second kappa shape index (κ2) is 17.9. The van der Waals surface area contributed by atoms with Crippen molar-refractivity contribution in [2.75, 3.05) is 13.2 Å². The Kier molecular flexibility index (Phi) is 14.3. The fraction of sp³-hybridized carbons (Fsp3) is 0.371. The highest BCUT2D eigenvalue weighted by Crippen LogP contribution is 2.46. The minimum atomic E-state index is -0.436. The van der Waals surface area contributed by atoms with Crippen molar-refractivity contribution in [1.82, 2.24) is 19.9 Å². The highest BCUT2D eigenvalue weighted by Gasteiger charge is 2.39. The van der Waals surface area contributed by atoms with E-state index in [2.05, 4.69) is 19.9 Å². The molecule has 2 fully saturated rings. The molecule has 2 aromatic heterocycles. The summed E-state index contributed by atoms with van der Waals surface area (Å²) >= 11 is 5.42. The number of ether oxygens (including phenoxy) is 2. The zero-order chi connectivity index (χ0) is 33.9. The van der Waals surface area contributed by atoms with Crippen molar-refractivity contribution in [1.29, 1.82) is 0 Å². The van der Waals surface area contributed by atoms with E-state index in [4.69, 9.17) is 26.8 Å². The van der Waals surface area contributed by atoms with Crippen LogP contribution in [0.5, 0.6) is 0 Å². The summed E-state index contributed by atoms with van der Waals surface area (Å²) < 4.78 is 36.0. The van der Waals surface area contributed by atoms with Gasteiger partial charge in [-0.05, 0) is 92.9 Å². The normalized spacial score (nSPS) is 15.0. The molecule has 2 saturated carbocycles. The van der Waals surface area contributed by atoms with Crippen LogP contribution in [0.1, 0.15) is 90.0 Å². The van der Waals surface area contributed by atoms with E-state index >= 15 is 0 Å². The summed E-state index contributed by atoms with van der Waals surface area (Å²) in [5.74, 6) is -0.588. The molecule has 2 aliphatic carbocycles. The van der Waals surface area contributed by atoms with E-state index in [0.717, 1.165) is 49.7 Å². The van der Waals surface area contributed by atoms with Crippen LogP contribution in [0.15, 0.2) is 73.3 Å². The van der Waals surface area contributed by atoms with E-state index in [0.29, 0.717) is 36.6 Å². The van der Waals surface area contributed by atoms with Crippen LogP contribution in [-0.2, 0) is 26.8 Å². The lowest BCUT2D eigenvalue weighted by atomic mass is 9.62. The number of nitrogens with zero attached hydrogens (tertiary/aromatic N) is 4. The molecule has 2 heterocycles. The molecule has 0 spiro atoms. The summed E-state index contributed by atoms with van der Waals surface area (Å²) in [6, 6.07) is 13.4. The zero-order valence-corrected chi connectivity index (χ0v) is 28.4. The molecule has 0 saturated heterocycles. The van der Waals surface area contributed by atoms with Crippen molar-refractivity contribution in [3.8, 4) is 0 Å². The Hall–Kier alpha value is -4.06. The van der Waals surface area contributed by atoms with E-state index in [1.165, 1.54) is 36.9 Å². The molecule has 4 aromatic rings. The maximum Gasteiger partial charge on any atom is 0.341 e. The number of benzene rings is 2.